The Balaban J connectivity index is 0.000000312. The Morgan fingerprint density at radius 3 is 1.33 bits per heavy atom. The third kappa shape index (κ3) is 25.3. The molecule has 10 nitrogen and oxygen atoms in total. The van der Waals surface area contributed by atoms with Crippen LogP contribution >= 0.6 is 12.4 Å². The van der Waals surface area contributed by atoms with E-state index in [1.54, 1.807) is 0 Å². The SMILES string of the molecule is CCCCCC[C@@H](C)C(CC)Cc1ccc2cnccc2c1.CCCCN(C[C@@H](C)C(CC)Cc1ccc2cnccc2c1)C(=O)OC(C)(C)C.CCCCN(C[C@@H](C)NCc1ccc2cnccc2c1)C(=O)OC(C)(C)C.Cl. The van der Waals surface area contributed by atoms with Crippen molar-refractivity contribution in [3.8, 4) is 0 Å². The second-order valence-electron chi connectivity index (χ2n) is 24.1. The van der Waals surface area contributed by atoms with Crippen LogP contribution in [0.5, 0.6) is 0 Å². The van der Waals surface area contributed by atoms with Crippen molar-refractivity contribution in [3.63, 3.8) is 0 Å². The first-order valence-corrected chi connectivity index (χ1v) is 29.9. The van der Waals surface area contributed by atoms with Gasteiger partial charge in [0.05, 0.1) is 0 Å². The lowest BCUT2D eigenvalue weighted by Gasteiger charge is -2.32. The topological polar surface area (TPSA) is 110 Å². The number of nitrogens with one attached hydrogen (secondary N) is 1. The Hall–Kier alpha value is -5.32. The normalized spacial score (nSPS) is 13.4. The van der Waals surface area contributed by atoms with Crippen LogP contribution in [0.2, 0.25) is 0 Å². The maximum absolute atomic E-state index is 12.7. The number of nitrogens with zero attached hydrogens (tertiary/aromatic N) is 5. The van der Waals surface area contributed by atoms with E-state index in [0.717, 1.165) is 81.9 Å². The van der Waals surface area contributed by atoms with E-state index in [1.807, 2.05) is 94.6 Å². The Bertz CT molecular complexity index is 2670. The molecule has 6 aromatic rings. The molecular weight excluding hydrogens is 1000 g/mol. The molecule has 2 amide bonds. The fraction of sp³-hybridized carbons (Fsp3) is 0.574. The van der Waals surface area contributed by atoms with E-state index in [1.165, 1.54) is 88.6 Å². The summed E-state index contributed by atoms with van der Waals surface area (Å²) in [5.74, 6) is 2.55. The number of benzene rings is 3. The second-order valence-corrected chi connectivity index (χ2v) is 24.1. The molecule has 2 unspecified atom stereocenters. The molecule has 0 saturated carbocycles. The van der Waals surface area contributed by atoms with Crippen LogP contribution in [0.15, 0.2) is 110 Å². The number of hydrogen-bond acceptors (Lipinski definition) is 8. The van der Waals surface area contributed by atoms with E-state index in [0.29, 0.717) is 18.4 Å². The van der Waals surface area contributed by atoms with E-state index in [2.05, 4.69) is 142 Å². The van der Waals surface area contributed by atoms with E-state index in [-0.39, 0.29) is 30.6 Å². The molecule has 5 atom stereocenters. The van der Waals surface area contributed by atoms with Crippen LogP contribution in [-0.2, 0) is 28.9 Å². The Morgan fingerprint density at radius 2 is 0.911 bits per heavy atom. The first-order valence-electron chi connectivity index (χ1n) is 29.9. The van der Waals surface area contributed by atoms with Gasteiger partial charge >= 0.3 is 12.2 Å². The molecule has 0 spiro atoms. The lowest BCUT2D eigenvalue weighted by molar-refractivity contribution is 0.0200. The molecule has 3 aromatic carbocycles. The lowest BCUT2D eigenvalue weighted by Crippen LogP contribution is -2.44. The predicted molar refractivity (Wildman–Crippen MR) is 336 cm³/mol. The highest BCUT2D eigenvalue weighted by atomic mass is 35.5. The molecule has 0 radical (unpaired) electrons. The number of amides is 2. The molecule has 3 aromatic heterocycles. The minimum atomic E-state index is -0.474. The maximum atomic E-state index is 12.7. The quantitative estimate of drug-likeness (QED) is 0.0535. The van der Waals surface area contributed by atoms with Crippen molar-refractivity contribution in [2.24, 2.45) is 23.7 Å². The fourth-order valence-corrected chi connectivity index (χ4v) is 10.0. The molecule has 0 saturated heterocycles. The summed E-state index contributed by atoms with van der Waals surface area (Å²) < 4.78 is 11.2. The molecule has 436 valence electrons. The smallest absolute Gasteiger partial charge is 0.410 e. The monoisotopic (exact) mass is 1100 g/mol. The Labute approximate surface area is 484 Å². The summed E-state index contributed by atoms with van der Waals surface area (Å²) in [6.07, 6.45) is 26.5. The summed E-state index contributed by atoms with van der Waals surface area (Å²) in [6.45, 7) is 33.1. The molecular formula is C68H103ClN6O4. The zero-order valence-electron chi connectivity index (χ0n) is 51.3. The number of pyridine rings is 3. The van der Waals surface area contributed by atoms with Gasteiger partial charge in [-0.05, 0) is 155 Å². The van der Waals surface area contributed by atoms with Crippen LogP contribution in [-0.4, -0.2) is 80.4 Å². The Morgan fingerprint density at radius 1 is 0.506 bits per heavy atom. The van der Waals surface area contributed by atoms with Gasteiger partial charge < -0.3 is 24.6 Å². The highest BCUT2D eigenvalue weighted by Crippen LogP contribution is 2.28. The molecule has 79 heavy (non-hydrogen) atoms. The van der Waals surface area contributed by atoms with Gasteiger partial charge in [-0.1, -0.05) is 155 Å². The van der Waals surface area contributed by atoms with Crippen molar-refractivity contribution in [1.29, 1.82) is 0 Å². The van der Waals surface area contributed by atoms with Crippen molar-refractivity contribution in [2.75, 3.05) is 26.2 Å². The standard InChI is InChI=1S/C25H38N2O2.C22H33N3O2.C21H31N.ClH/c1-7-9-14-27(24(28)29-25(4,5)6)18-19(3)21(8-2)15-20-10-11-23-17-26-13-12-22(23)16-20;1-6-7-12-25(21(26)27-22(3,4)5)16-17(2)24-14-18-8-9-20-15-23-11-10-19(20)13-18;1-4-6-7-8-9-17(3)19(5-2)14-18-10-11-21-16-22-13-12-20(21)15-18;/h10-13,16-17,19,21H,7-9,14-15,18H2,1-6H3;8-11,13,15,17,24H,6-7,12,14,16H2,1-5H3;10-13,15-17,19H,4-9,14H2,1-3H3;1H/t19-,21?;17-;17-,19?;/m111./s1. The van der Waals surface area contributed by atoms with Crippen LogP contribution in [0.1, 0.15) is 184 Å². The van der Waals surface area contributed by atoms with Gasteiger partial charge in [0, 0.05) is 92.1 Å². The highest BCUT2D eigenvalue weighted by Gasteiger charge is 2.27. The van der Waals surface area contributed by atoms with Gasteiger partial charge in [-0.2, -0.15) is 0 Å². The van der Waals surface area contributed by atoms with Crippen molar-refractivity contribution >= 4 is 56.9 Å². The van der Waals surface area contributed by atoms with Crippen molar-refractivity contribution in [2.45, 2.75) is 204 Å². The van der Waals surface area contributed by atoms with Crippen LogP contribution in [0.3, 0.4) is 0 Å². The fourth-order valence-electron chi connectivity index (χ4n) is 10.0. The summed E-state index contributed by atoms with van der Waals surface area (Å²) >= 11 is 0. The van der Waals surface area contributed by atoms with E-state index in [4.69, 9.17) is 9.47 Å². The van der Waals surface area contributed by atoms with Crippen LogP contribution in [0.4, 0.5) is 9.59 Å². The second kappa shape index (κ2) is 35.4. The number of hydrogen-bond donors (Lipinski definition) is 1. The van der Waals surface area contributed by atoms with Crippen molar-refractivity contribution in [3.05, 3.63) is 127 Å². The number of ether oxygens (including phenoxy) is 2. The number of carbonyl (C=O) groups excluding carboxylic acids is 2. The number of rotatable bonds is 26. The van der Waals surface area contributed by atoms with Gasteiger partial charge in [0.15, 0.2) is 0 Å². The number of aromatic nitrogens is 3. The number of carbonyl (C=O) groups is 2. The lowest BCUT2D eigenvalue weighted by atomic mass is 9.83. The molecule has 11 heteroatoms. The molecule has 1 N–H and O–H groups in total. The summed E-state index contributed by atoms with van der Waals surface area (Å²) in [7, 11) is 0. The van der Waals surface area contributed by atoms with E-state index >= 15 is 0 Å². The molecule has 0 aliphatic rings. The van der Waals surface area contributed by atoms with Crippen LogP contribution in [0.25, 0.3) is 32.3 Å². The highest BCUT2D eigenvalue weighted by molar-refractivity contribution is 5.85. The summed E-state index contributed by atoms with van der Waals surface area (Å²) in [5, 5.41) is 10.8. The minimum absolute atomic E-state index is 0. The third-order valence-corrected chi connectivity index (χ3v) is 14.8. The minimum Gasteiger partial charge on any atom is -0.444 e. The largest absolute Gasteiger partial charge is 0.444 e. The first kappa shape index (κ1) is 68.0. The van der Waals surface area contributed by atoms with Gasteiger partial charge in [0.25, 0.3) is 0 Å². The third-order valence-electron chi connectivity index (χ3n) is 14.8. The average Bonchev–Trinajstić information content (AvgIpc) is 3.42. The van der Waals surface area contributed by atoms with E-state index in [9.17, 15) is 9.59 Å². The number of unbranched alkanes of at least 4 members (excludes halogenated alkanes) is 5. The summed E-state index contributed by atoms with van der Waals surface area (Å²) in [6, 6.07) is 26.3. The molecule has 3 heterocycles. The molecule has 0 fully saturated rings. The van der Waals surface area contributed by atoms with Crippen molar-refractivity contribution in [1.82, 2.24) is 30.1 Å². The van der Waals surface area contributed by atoms with Gasteiger partial charge in [-0.15, -0.1) is 12.4 Å². The van der Waals surface area contributed by atoms with Crippen LogP contribution in [0, 0.1) is 23.7 Å². The molecule has 6 rings (SSSR count). The molecule has 0 bridgehead atoms. The first-order chi connectivity index (χ1) is 37.3. The van der Waals surface area contributed by atoms with Crippen LogP contribution < -0.4 is 5.32 Å². The Kier molecular flexibility index (Phi) is 30.5. The molecule has 0 aliphatic carbocycles. The average molecular weight is 1100 g/mol. The number of halogens is 1. The van der Waals surface area contributed by atoms with Gasteiger partial charge in [-0.3, -0.25) is 15.0 Å². The van der Waals surface area contributed by atoms with E-state index < -0.39 is 11.2 Å². The van der Waals surface area contributed by atoms with Crippen molar-refractivity contribution < 1.29 is 19.1 Å². The van der Waals surface area contributed by atoms with Gasteiger partial charge in [0.1, 0.15) is 11.2 Å². The predicted octanol–water partition coefficient (Wildman–Crippen LogP) is 18.1. The van der Waals surface area contributed by atoms with Gasteiger partial charge in [-0.25, -0.2) is 9.59 Å². The number of fused-ring (bicyclic) bond motifs is 3. The summed E-state index contributed by atoms with van der Waals surface area (Å²) in [4.78, 5) is 41.5. The maximum Gasteiger partial charge on any atom is 0.410 e. The summed E-state index contributed by atoms with van der Waals surface area (Å²) in [5.41, 5.74) is 3.11. The molecule has 0 aliphatic heterocycles. The zero-order valence-corrected chi connectivity index (χ0v) is 52.1. The van der Waals surface area contributed by atoms with Gasteiger partial charge in [0.2, 0.25) is 0 Å². The zero-order chi connectivity index (χ0) is 57.1.